The molecule has 0 saturated carbocycles. The summed E-state index contributed by atoms with van der Waals surface area (Å²) in [6, 6.07) is 0. The van der Waals surface area contributed by atoms with Crippen molar-refractivity contribution in [3.63, 3.8) is 0 Å². The Kier molecular flexibility index (Phi) is 4.32. The molecule has 1 unspecified atom stereocenters. The highest BCUT2D eigenvalue weighted by atomic mass is 16.6. The third-order valence-electron chi connectivity index (χ3n) is 2.65. The molecule has 1 rings (SSSR count). The molecule has 0 aromatic rings. The molecule has 1 atom stereocenters. The Morgan fingerprint density at radius 1 is 1.59 bits per heavy atom. The first kappa shape index (κ1) is 13.7. The monoisotopic (exact) mass is 239 g/mol. The van der Waals surface area contributed by atoms with E-state index in [1.54, 1.807) is 6.08 Å². The Labute approximate surface area is 103 Å². The van der Waals surface area contributed by atoms with E-state index in [9.17, 15) is 9.59 Å². The average Bonchev–Trinajstić information content (AvgIpc) is 2.18. The summed E-state index contributed by atoms with van der Waals surface area (Å²) in [7, 11) is 0. The lowest BCUT2D eigenvalue weighted by atomic mass is 9.92. The molecule has 0 bridgehead atoms. The number of amides is 1. The van der Waals surface area contributed by atoms with Gasteiger partial charge in [0.15, 0.2) is 5.78 Å². The number of rotatable bonds is 2. The van der Waals surface area contributed by atoms with Gasteiger partial charge in [0.05, 0.1) is 6.54 Å². The number of hydrogen-bond acceptors (Lipinski definition) is 3. The fourth-order valence-electron chi connectivity index (χ4n) is 1.80. The second-order valence-electron chi connectivity index (χ2n) is 5.38. The first-order valence-electron chi connectivity index (χ1n) is 5.95. The van der Waals surface area contributed by atoms with Crippen LogP contribution in [-0.4, -0.2) is 35.5 Å². The van der Waals surface area contributed by atoms with Gasteiger partial charge in [-0.3, -0.25) is 4.79 Å². The van der Waals surface area contributed by atoms with E-state index in [2.05, 4.69) is 6.58 Å². The van der Waals surface area contributed by atoms with Gasteiger partial charge in [0.1, 0.15) is 5.60 Å². The fourth-order valence-corrected chi connectivity index (χ4v) is 1.80. The van der Waals surface area contributed by atoms with Gasteiger partial charge in [-0.2, -0.15) is 0 Å². The lowest BCUT2D eigenvalue weighted by Crippen LogP contribution is -2.46. The van der Waals surface area contributed by atoms with Gasteiger partial charge in [0, 0.05) is 12.5 Å². The van der Waals surface area contributed by atoms with Crippen LogP contribution in [0.1, 0.15) is 33.6 Å². The van der Waals surface area contributed by atoms with E-state index in [1.165, 1.54) is 4.90 Å². The van der Waals surface area contributed by atoms with Crippen LogP contribution in [0.3, 0.4) is 0 Å². The van der Waals surface area contributed by atoms with Crippen LogP contribution in [0, 0.1) is 5.92 Å². The predicted octanol–water partition coefficient (Wildman–Crippen LogP) is 2.39. The van der Waals surface area contributed by atoms with Crippen molar-refractivity contribution in [2.75, 3.05) is 13.1 Å². The van der Waals surface area contributed by atoms with Gasteiger partial charge in [-0.25, -0.2) is 4.79 Å². The number of piperidine rings is 1. The summed E-state index contributed by atoms with van der Waals surface area (Å²) in [5.74, 6) is 0.119. The smallest absolute Gasteiger partial charge is 0.410 e. The SMILES string of the molecule is C=CCC1CCN(C(=O)OC(C)(C)C)CC1=O. The van der Waals surface area contributed by atoms with E-state index >= 15 is 0 Å². The molecule has 1 fully saturated rings. The minimum Gasteiger partial charge on any atom is -0.444 e. The molecule has 1 aliphatic rings. The number of carbonyl (C=O) groups is 2. The molecule has 4 heteroatoms. The maximum absolute atomic E-state index is 11.8. The van der Waals surface area contributed by atoms with Crippen molar-refractivity contribution in [1.29, 1.82) is 0 Å². The largest absolute Gasteiger partial charge is 0.444 e. The van der Waals surface area contributed by atoms with E-state index in [1.807, 2.05) is 20.8 Å². The van der Waals surface area contributed by atoms with Crippen LogP contribution >= 0.6 is 0 Å². The van der Waals surface area contributed by atoms with Gasteiger partial charge < -0.3 is 9.64 Å². The standard InChI is InChI=1S/C13H21NO3/c1-5-6-10-7-8-14(9-11(10)15)12(16)17-13(2,3)4/h5,10H,1,6-9H2,2-4H3. The molecule has 1 aliphatic heterocycles. The summed E-state index contributed by atoms with van der Waals surface area (Å²) in [5.41, 5.74) is -0.516. The number of Topliss-reactive ketones (excluding diaryl/α,β-unsaturated/α-hetero) is 1. The number of allylic oxidation sites excluding steroid dienone is 1. The minimum atomic E-state index is -0.516. The number of ketones is 1. The van der Waals surface area contributed by atoms with Crippen LogP contribution in [0.5, 0.6) is 0 Å². The normalized spacial score (nSPS) is 21.2. The highest BCUT2D eigenvalue weighted by molar-refractivity contribution is 5.87. The van der Waals surface area contributed by atoms with E-state index < -0.39 is 11.7 Å². The number of nitrogens with zero attached hydrogens (tertiary/aromatic N) is 1. The molecule has 4 nitrogen and oxygen atoms in total. The third-order valence-corrected chi connectivity index (χ3v) is 2.65. The van der Waals surface area contributed by atoms with Crippen molar-refractivity contribution in [2.24, 2.45) is 5.92 Å². The van der Waals surface area contributed by atoms with Crippen LogP contribution in [-0.2, 0) is 9.53 Å². The number of carbonyl (C=O) groups excluding carboxylic acids is 2. The van der Waals surface area contributed by atoms with E-state index in [0.29, 0.717) is 19.4 Å². The third kappa shape index (κ3) is 4.21. The van der Waals surface area contributed by atoms with Crippen molar-refractivity contribution >= 4 is 11.9 Å². The zero-order valence-corrected chi connectivity index (χ0v) is 10.9. The van der Waals surface area contributed by atoms with Crippen LogP contribution in [0.25, 0.3) is 0 Å². The molecule has 1 amide bonds. The van der Waals surface area contributed by atoms with Crippen molar-refractivity contribution in [2.45, 2.75) is 39.2 Å². The molecule has 1 saturated heterocycles. The zero-order chi connectivity index (χ0) is 13.1. The summed E-state index contributed by atoms with van der Waals surface area (Å²) in [5, 5.41) is 0. The van der Waals surface area contributed by atoms with Crippen molar-refractivity contribution in [1.82, 2.24) is 4.90 Å². The van der Waals surface area contributed by atoms with Gasteiger partial charge in [-0.05, 0) is 33.6 Å². The Morgan fingerprint density at radius 3 is 2.71 bits per heavy atom. The average molecular weight is 239 g/mol. The molecule has 0 aliphatic carbocycles. The van der Waals surface area contributed by atoms with Gasteiger partial charge >= 0.3 is 6.09 Å². The zero-order valence-electron chi connectivity index (χ0n) is 10.9. The van der Waals surface area contributed by atoms with Gasteiger partial charge in [0.25, 0.3) is 0 Å². The highest BCUT2D eigenvalue weighted by Gasteiger charge is 2.31. The number of hydrogen-bond donors (Lipinski definition) is 0. The second-order valence-corrected chi connectivity index (χ2v) is 5.38. The number of likely N-dealkylation sites (tertiary alicyclic amines) is 1. The van der Waals surface area contributed by atoms with E-state index in [-0.39, 0.29) is 18.2 Å². The summed E-state index contributed by atoms with van der Waals surface area (Å²) in [6.07, 6.45) is 2.75. The van der Waals surface area contributed by atoms with Gasteiger partial charge in [0.2, 0.25) is 0 Å². The molecular formula is C13H21NO3. The topological polar surface area (TPSA) is 46.6 Å². The van der Waals surface area contributed by atoms with Gasteiger partial charge in [-0.1, -0.05) is 6.08 Å². The lowest BCUT2D eigenvalue weighted by molar-refractivity contribution is -0.126. The Bertz CT molecular complexity index is 317. The Hall–Kier alpha value is -1.32. The van der Waals surface area contributed by atoms with Crippen LogP contribution in [0.4, 0.5) is 4.79 Å². The maximum atomic E-state index is 11.8. The van der Waals surface area contributed by atoms with Crippen molar-refractivity contribution in [3.05, 3.63) is 12.7 Å². The van der Waals surface area contributed by atoms with Gasteiger partial charge in [-0.15, -0.1) is 6.58 Å². The summed E-state index contributed by atoms with van der Waals surface area (Å²) >= 11 is 0. The quantitative estimate of drug-likeness (QED) is 0.695. The van der Waals surface area contributed by atoms with Crippen molar-refractivity contribution in [3.8, 4) is 0 Å². The minimum absolute atomic E-state index is 0.0196. The van der Waals surface area contributed by atoms with Crippen molar-refractivity contribution < 1.29 is 14.3 Å². The Balaban J connectivity index is 2.52. The molecule has 17 heavy (non-hydrogen) atoms. The lowest BCUT2D eigenvalue weighted by Gasteiger charge is -2.32. The van der Waals surface area contributed by atoms with E-state index in [0.717, 1.165) is 0 Å². The fraction of sp³-hybridized carbons (Fsp3) is 0.692. The summed E-state index contributed by atoms with van der Waals surface area (Å²) in [4.78, 5) is 25.0. The van der Waals surface area contributed by atoms with E-state index in [4.69, 9.17) is 4.74 Å². The molecule has 0 aromatic heterocycles. The molecule has 1 heterocycles. The first-order chi connectivity index (χ1) is 7.83. The Morgan fingerprint density at radius 2 is 2.24 bits per heavy atom. The molecule has 0 aromatic carbocycles. The highest BCUT2D eigenvalue weighted by Crippen LogP contribution is 2.19. The maximum Gasteiger partial charge on any atom is 0.410 e. The number of ether oxygens (including phenoxy) is 1. The van der Waals surface area contributed by atoms with Crippen LogP contribution in [0.2, 0.25) is 0 Å². The van der Waals surface area contributed by atoms with Crippen LogP contribution < -0.4 is 0 Å². The van der Waals surface area contributed by atoms with Crippen LogP contribution in [0.15, 0.2) is 12.7 Å². The second kappa shape index (κ2) is 5.34. The summed E-state index contributed by atoms with van der Waals surface area (Å²) < 4.78 is 5.24. The molecule has 0 spiro atoms. The molecule has 0 radical (unpaired) electrons. The molecular weight excluding hydrogens is 218 g/mol. The first-order valence-corrected chi connectivity index (χ1v) is 5.95. The predicted molar refractivity (Wildman–Crippen MR) is 65.7 cm³/mol. The molecule has 0 N–H and O–H groups in total. The summed E-state index contributed by atoms with van der Waals surface area (Å²) in [6.45, 7) is 9.83. The molecule has 96 valence electrons.